The first-order chi connectivity index (χ1) is 10.1. The SMILES string of the molecule is CCc1ccc(Cn2c(=S)[nH]c3cc(Br)c(F)cc32)cc1. The molecule has 0 saturated carbocycles. The summed E-state index contributed by atoms with van der Waals surface area (Å²) in [5.74, 6) is -0.286. The number of aromatic amines is 1. The highest BCUT2D eigenvalue weighted by Crippen LogP contribution is 2.24. The molecule has 0 aliphatic heterocycles. The summed E-state index contributed by atoms with van der Waals surface area (Å²) in [6, 6.07) is 11.6. The Kier molecular flexibility index (Phi) is 3.95. The summed E-state index contributed by atoms with van der Waals surface area (Å²) < 4.78 is 16.7. The Bertz CT molecular complexity index is 849. The zero-order valence-electron chi connectivity index (χ0n) is 11.5. The fraction of sp³-hybridized carbons (Fsp3) is 0.188. The minimum absolute atomic E-state index is 0.286. The molecule has 21 heavy (non-hydrogen) atoms. The van der Waals surface area contributed by atoms with Crippen molar-refractivity contribution in [1.82, 2.24) is 9.55 Å². The van der Waals surface area contributed by atoms with Crippen molar-refractivity contribution < 1.29 is 4.39 Å². The summed E-state index contributed by atoms with van der Waals surface area (Å²) >= 11 is 8.55. The van der Waals surface area contributed by atoms with Gasteiger partial charge in [0.15, 0.2) is 4.77 Å². The van der Waals surface area contributed by atoms with Gasteiger partial charge in [-0.25, -0.2) is 4.39 Å². The summed E-state index contributed by atoms with van der Waals surface area (Å²) in [6.45, 7) is 2.76. The highest BCUT2D eigenvalue weighted by Gasteiger charge is 2.09. The average Bonchev–Trinajstić information content (AvgIpc) is 2.76. The maximum absolute atomic E-state index is 13.8. The Morgan fingerprint density at radius 2 is 1.86 bits per heavy atom. The number of halogens is 2. The lowest BCUT2D eigenvalue weighted by atomic mass is 10.1. The molecule has 1 N–H and O–H groups in total. The predicted molar refractivity (Wildman–Crippen MR) is 89.7 cm³/mol. The Labute approximate surface area is 135 Å². The third kappa shape index (κ3) is 2.80. The highest BCUT2D eigenvalue weighted by atomic mass is 79.9. The van der Waals surface area contributed by atoms with E-state index in [0.717, 1.165) is 23.0 Å². The molecule has 0 aliphatic rings. The van der Waals surface area contributed by atoms with E-state index in [-0.39, 0.29) is 5.82 Å². The lowest BCUT2D eigenvalue weighted by Crippen LogP contribution is -2.00. The number of rotatable bonds is 3. The zero-order chi connectivity index (χ0) is 15.0. The van der Waals surface area contributed by atoms with Gasteiger partial charge in [-0.3, -0.25) is 0 Å². The van der Waals surface area contributed by atoms with Crippen molar-refractivity contribution >= 4 is 39.2 Å². The van der Waals surface area contributed by atoms with Crippen LogP contribution in [0.3, 0.4) is 0 Å². The van der Waals surface area contributed by atoms with Crippen LogP contribution < -0.4 is 0 Å². The number of aromatic nitrogens is 2. The van der Waals surface area contributed by atoms with E-state index in [1.165, 1.54) is 11.6 Å². The molecule has 0 fully saturated rings. The van der Waals surface area contributed by atoms with Gasteiger partial charge in [0.25, 0.3) is 0 Å². The molecular weight excluding hydrogens is 351 g/mol. The van der Waals surface area contributed by atoms with E-state index in [2.05, 4.69) is 52.1 Å². The molecule has 5 heteroatoms. The standard InChI is InChI=1S/C16H14BrFN2S/c1-2-10-3-5-11(6-4-10)9-20-15-8-13(18)12(17)7-14(15)19-16(20)21/h3-8H,2,9H2,1H3,(H,19,21). The second kappa shape index (κ2) is 5.73. The second-order valence-corrected chi connectivity index (χ2v) is 6.21. The van der Waals surface area contributed by atoms with Crippen molar-refractivity contribution in [3.05, 3.63) is 62.6 Å². The normalized spacial score (nSPS) is 11.2. The van der Waals surface area contributed by atoms with Crippen LogP contribution in [0.25, 0.3) is 11.0 Å². The summed E-state index contributed by atoms with van der Waals surface area (Å²) in [4.78, 5) is 3.12. The fourth-order valence-electron chi connectivity index (χ4n) is 2.37. The molecule has 3 rings (SSSR count). The van der Waals surface area contributed by atoms with Crippen molar-refractivity contribution in [2.24, 2.45) is 0 Å². The van der Waals surface area contributed by atoms with E-state index in [4.69, 9.17) is 12.2 Å². The Balaban J connectivity index is 2.05. The van der Waals surface area contributed by atoms with Crippen LogP contribution in [0, 0.1) is 10.6 Å². The van der Waals surface area contributed by atoms with Crippen molar-refractivity contribution in [2.75, 3.05) is 0 Å². The summed E-state index contributed by atoms with van der Waals surface area (Å²) in [7, 11) is 0. The lowest BCUT2D eigenvalue weighted by Gasteiger charge is -2.06. The van der Waals surface area contributed by atoms with E-state index in [0.29, 0.717) is 15.8 Å². The number of imidazole rings is 1. The van der Waals surface area contributed by atoms with Gasteiger partial charge in [-0.1, -0.05) is 31.2 Å². The van der Waals surface area contributed by atoms with Gasteiger partial charge in [-0.15, -0.1) is 0 Å². The number of nitrogens with zero attached hydrogens (tertiary/aromatic N) is 1. The Morgan fingerprint density at radius 3 is 2.52 bits per heavy atom. The molecule has 2 aromatic carbocycles. The third-order valence-electron chi connectivity index (χ3n) is 3.59. The van der Waals surface area contributed by atoms with Gasteiger partial charge in [-0.2, -0.15) is 0 Å². The van der Waals surface area contributed by atoms with Crippen molar-refractivity contribution in [3.63, 3.8) is 0 Å². The molecule has 2 nitrogen and oxygen atoms in total. The molecule has 0 saturated heterocycles. The van der Waals surface area contributed by atoms with Gasteiger partial charge in [-0.05, 0) is 51.8 Å². The monoisotopic (exact) mass is 364 g/mol. The molecule has 0 atom stereocenters. The van der Waals surface area contributed by atoms with E-state index in [1.807, 2.05) is 4.57 Å². The number of H-pyrrole nitrogens is 1. The smallest absolute Gasteiger partial charge is 0.178 e. The molecule has 1 aromatic heterocycles. The average molecular weight is 365 g/mol. The Morgan fingerprint density at radius 1 is 1.19 bits per heavy atom. The first-order valence-corrected chi connectivity index (χ1v) is 7.94. The van der Waals surface area contributed by atoms with Crippen LogP contribution in [-0.4, -0.2) is 9.55 Å². The van der Waals surface area contributed by atoms with Gasteiger partial charge >= 0.3 is 0 Å². The quantitative estimate of drug-likeness (QED) is 0.632. The predicted octanol–water partition coefficient (Wildman–Crippen LogP) is 5.21. The summed E-state index contributed by atoms with van der Waals surface area (Å²) in [5, 5.41) is 0. The number of fused-ring (bicyclic) bond motifs is 1. The van der Waals surface area contributed by atoms with Crippen LogP contribution in [0.5, 0.6) is 0 Å². The molecule has 0 radical (unpaired) electrons. The van der Waals surface area contributed by atoms with Crippen molar-refractivity contribution in [1.29, 1.82) is 0 Å². The maximum Gasteiger partial charge on any atom is 0.178 e. The minimum atomic E-state index is -0.286. The molecule has 0 aliphatic carbocycles. The molecule has 0 amide bonds. The topological polar surface area (TPSA) is 20.7 Å². The lowest BCUT2D eigenvalue weighted by molar-refractivity contribution is 0.622. The molecule has 3 aromatic rings. The van der Waals surface area contributed by atoms with E-state index >= 15 is 0 Å². The maximum atomic E-state index is 13.8. The summed E-state index contributed by atoms with van der Waals surface area (Å²) in [5.41, 5.74) is 4.06. The molecule has 0 spiro atoms. The summed E-state index contributed by atoms with van der Waals surface area (Å²) in [6.07, 6.45) is 1.02. The molecule has 0 unspecified atom stereocenters. The van der Waals surface area contributed by atoms with Crippen LogP contribution in [-0.2, 0) is 13.0 Å². The van der Waals surface area contributed by atoms with Crippen LogP contribution >= 0.6 is 28.1 Å². The van der Waals surface area contributed by atoms with Gasteiger partial charge < -0.3 is 9.55 Å². The largest absolute Gasteiger partial charge is 0.331 e. The highest BCUT2D eigenvalue weighted by molar-refractivity contribution is 9.10. The van der Waals surface area contributed by atoms with Gasteiger partial charge in [0, 0.05) is 6.07 Å². The minimum Gasteiger partial charge on any atom is -0.331 e. The van der Waals surface area contributed by atoms with Crippen molar-refractivity contribution in [3.8, 4) is 0 Å². The fourth-order valence-corrected chi connectivity index (χ4v) is 2.99. The third-order valence-corrected chi connectivity index (χ3v) is 4.52. The first kappa shape index (κ1) is 14.5. The number of hydrogen-bond acceptors (Lipinski definition) is 1. The molecule has 0 bridgehead atoms. The first-order valence-electron chi connectivity index (χ1n) is 6.74. The van der Waals surface area contributed by atoms with Gasteiger partial charge in [0.2, 0.25) is 0 Å². The van der Waals surface area contributed by atoms with E-state index in [9.17, 15) is 4.39 Å². The molecule has 1 heterocycles. The number of aryl methyl sites for hydroxylation is 1. The number of benzene rings is 2. The second-order valence-electron chi connectivity index (χ2n) is 4.97. The Hall–Kier alpha value is -1.46. The van der Waals surface area contributed by atoms with Gasteiger partial charge in [0.05, 0.1) is 22.1 Å². The van der Waals surface area contributed by atoms with Crippen LogP contribution in [0.1, 0.15) is 18.1 Å². The molecule has 108 valence electrons. The number of hydrogen-bond donors (Lipinski definition) is 1. The van der Waals surface area contributed by atoms with E-state index in [1.54, 1.807) is 6.07 Å². The zero-order valence-corrected chi connectivity index (χ0v) is 13.9. The van der Waals surface area contributed by atoms with Crippen molar-refractivity contribution in [2.45, 2.75) is 19.9 Å². The molecular formula is C16H14BrFN2S. The van der Waals surface area contributed by atoms with E-state index < -0.39 is 0 Å². The van der Waals surface area contributed by atoms with Crippen LogP contribution in [0.15, 0.2) is 40.9 Å². The number of nitrogens with one attached hydrogen (secondary N) is 1. The van der Waals surface area contributed by atoms with Gasteiger partial charge in [0.1, 0.15) is 5.82 Å². The van der Waals surface area contributed by atoms with Crippen LogP contribution in [0.4, 0.5) is 4.39 Å². The van der Waals surface area contributed by atoms with Crippen LogP contribution in [0.2, 0.25) is 0 Å².